The summed E-state index contributed by atoms with van der Waals surface area (Å²) in [7, 11) is 3.48. The third-order valence-electron chi connectivity index (χ3n) is 6.20. The van der Waals surface area contributed by atoms with Gasteiger partial charge in [0.25, 0.3) is 0 Å². The van der Waals surface area contributed by atoms with Crippen molar-refractivity contribution < 1.29 is 14.3 Å². The quantitative estimate of drug-likeness (QED) is 0.495. The zero-order chi connectivity index (χ0) is 23.3. The number of ether oxygens (including phenoxy) is 2. The SMILES string of the molecule is COCC1(c2cccc(Oc3cc(Cn4ccnc4)ccc3C#N)c2)CCCCN(C)C1=O.Cl. The number of hydrogen-bond acceptors (Lipinski definition) is 5. The number of benzene rings is 2. The summed E-state index contributed by atoms with van der Waals surface area (Å²) in [4.78, 5) is 19.3. The maximum Gasteiger partial charge on any atom is 0.235 e. The fraction of sp³-hybridized carbons (Fsp3) is 0.346. The first-order chi connectivity index (χ1) is 16.1. The van der Waals surface area contributed by atoms with E-state index in [-0.39, 0.29) is 18.3 Å². The molecule has 1 amide bonds. The molecule has 4 rings (SSSR count). The smallest absolute Gasteiger partial charge is 0.235 e. The Kier molecular flexibility index (Phi) is 8.32. The van der Waals surface area contributed by atoms with E-state index in [0.29, 0.717) is 30.2 Å². The molecule has 1 saturated heterocycles. The van der Waals surface area contributed by atoms with E-state index >= 15 is 0 Å². The van der Waals surface area contributed by atoms with Crippen LogP contribution in [-0.2, 0) is 21.5 Å². The molecule has 2 heterocycles. The summed E-state index contributed by atoms with van der Waals surface area (Å²) in [6.07, 6.45) is 8.00. The number of rotatable bonds is 7. The van der Waals surface area contributed by atoms with Crippen molar-refractivity contribution in [2.45, 2.75) is 31.2 Å². The van der Waals surface area contributed by atoms with Gasteiger partial charge in [0.05, 0.1) is 23.9 Å². The van der Waals surface area contributed by atoms with E-state index in [0.717, 1.165) is 36.9 Å². The number of imidazole rings is 1. The van der Waals surface area contributed by atoms with E-state index in [1.165, 1.54) is 0 Å². The Labute approximate surface area is 206 Å². The average Bonchev–Trinajstić information content (AvgIpc) is 3.29. The highest BCUT2D eigenvalue weighted by Gasteiger charge is 2.43. The van der Waals surface area contributed by atoms with E-state index in [4.69, 9.17) is 9.47 Å². The number of halogens is 1. The summed E-state index contributed by atoms with van der Waals surface area (Å²) in [5.74, 6) is 1.13. The van der Waals surface area contributed by atoms with Crippen molar-refractivity contribution in [3.05, 3.63) is 77.9 Å². The number of methoxy groups -OCH3 is 1. The molecule has 7 nitrogen and oxygen atoms in total. The third kappa shape index (κ3) is 5.24. The summed E-state index contributed by atoms with van der Waals surface area (Å²) in [5, 5.41) is 9.60. The molecule has 2 aromatic carbocycles. The van der Waals surface area contributed by atoms with Crippen LogP contribution in [0.25, 0.3) is 0 Å². The average molecular weight is 481 g/mol. The van der Waals surface area contributed by atoms with E-state index < -0.39 is 5.41 Å². The van der Waals surface area contributed by atoms with Crippen LogP contribution in [0.4, 0.5) is 0 Å². The molecule has 8 heteroatoms. The van der Waals surface area contributed by atoms with Gasteiger partial charge in [0.1, 0.15) is 17.6 Å². The molecule has 1 unspecified atom stereocenters. The Morgan fingerprint density at radius 3 is 2.79 bits per heavy atom. The van der Waals surface area contributed by atoms with Crippen molar-refractivity contribution in [3.63, 3.8) is 0 Å². The van der Waals surface area contributed by atoms with Crippen LogP contribution in [-0.4, -0.2) is 47.7 Å². The molecule has 34 heavy (non-hydrogen) atoms. The van der Waals surface area contributed by atoms with Crippen molar-refractivity contribution in [2.24, 2.45) is 0 Å². The van der Waals surface area contributed by atoms with Crippen molar-refractivity contribution in [1.29, 1.82) is 5.26 Å². The van der Waals surface area contributed by atoms with Gasteiger partial charge in [0, 0.05) is 39.6 Å². The fourth-order valence-electron chi connectivity index (χ4n) is 4.50. The lowest BCUT2D eigenvalue weighted by Crippen LogP contribution is -2.47. The van der Waals surface area contributed by atoms with E-state index in [1.54, 1.807) is 30.6 Å². The number of carbonyl (C=O) groups excluding carboxylic acids is 1. The second-order valence-electron chi connectivity index (χ2n) is 8.51. The van der Waals surface area contributed by atoms with Crippen molar-refractivity contribution in [2.75, 3.05) is 27.3 Å². The largest absolute Gasteiger partial charge is 0.456 e. The Morgan fingerprint density at radius 1 is 1.21 bits per heavy atom. The summed E-state index contributed by atoms with van der Waals surface area (Å²) in [5.41, 5.74) is 1.57. The number of likely N-dealkylation sites (N-methyl/N-ethyl adjacent to an activating group) is 1. The van der Waals surface area contributed by atoms with Gasteiger partial charge in [-0.25, -0.2) is 4.98 Å². The minimum Gasteiger partial charge on any atom is -0.456 e. The lowest BCUT2D eigenvalue weighted by atomic mass is 9.76. The number of amides is 1. The lowest BCUT2D eigenvalue weighted by Gasteiger charge is -2.33. The fourth-order valence-corrected chi connectivity index (χ4v) is 4.50. The molecule has 0 saturated carbocycles. The summed E-state index contributed by atoms with van der Waals surface area (Å²) in [6.45, 7) is 1.68. The van der Waals surface area contributed by atoms with Crippen LogP contribution in [0.5, 0.6) is 11.5 Å². The van der Waals surface area contributed by atoms with Gasteiger partial charge >= 0.3 is 0 Å². The first-order valence-corrected chi connectivity index (χ1v) is 11.1. The number of nitrogens with zero attached hydrogens (tertiary/aromatic N) is 4. The molecule has 1 fully saturated rings. The predicted molar refractivity (Wildman–Crippen MR) is 131 cm³/mol. The van der Waals surface area contributed by atoms with Gasteiger partial charge in [-0.15, -0.1) is 12.4 Å². The third-order valence-corrected chi connectivity index (χ3v) is 6.20. The van der Waals surface area contributed by atoms with Crippen LogP contribution < -0.4 is 4.74 Å². The standard InChI is InChI=1S/C26H28N4O3.ClH/c1-29-12-4-3-10-26(18-32-2,25(29)31)22-6-5-7-23(15-22)33-24-14-20(8-9-21(24)16-27)17-30-13-11-28-19-30;/h5-9,11,13-15,19H,3-4,10,12,17-18H2,1-2H3;1H. The van der Waals surface area contributed by atoms with Crippen LogP contribution >= 0.6 is 12.4 Å². The predicted octanol–water partition coefficient (Wildman–Crippen LogP) is 4.54. The molecule has 1 aliphatic heterocycles. The van der Waals surface area contributed by atoms with Gasteiger partial charge in [0.2, 0.25) is 5.91 Å². The second kappa shape index (κ2) is 11.2. The van der Waals surface area contributed by atoms with Gasteiger partial charge < -0.3 is 18.9 Å². The van der Waals surface area contributed by atoms with E-state index in [1.807, 2.05) is 54.2 Å². The van der Waals surface area contributed by atoms with Crippen LogP contribution in [0, 0.1) is 11.3 Å². The van der Waals surface area contributed by atoms with E-state index in [9.17, 15) is 10.1 Å². The van der Waals surface area contributed by atoms with Crippen LogP contribution in [0.3, 0.4) is 0 Å². The monoisotopic (exact) mass is 480 g/mol. The first kappa shape index (κ1) is 25.3. The molecule has 1 aromatic heterocycles. The number of likely N-dealkylation sites (tertiary alicyclic amines) is 1. The molecular weight excluding hydrogens is 452 g/mol. The first-order valence-electron chi connectivity index (χ1n) is 11.1. The number of hydrogen-bond donors (Lipinski definition) is 0. The summed E-state index contributed by atoms with van der Waals surface area (Å²) >= 11 is 0. The van der Waals surface area contributed by atoms with Crippen LogP contribution in [0.1, 0.15) is 36.0 Å². The van der Waals surface area contributed by atoms with Crippen molar-refractivity contribution >= 4 is 18.3 Å². The lowest BCUT2D eigenvalue weighted by molar-refractivity contribution is -0.137. The molecule has 0 bridgehead atoms. The molecule has 0 spiro atoms. The molecule has 0 radical (unpaired) electrons. The maximum atomic E-state index is 13.4. The topological polar surface area (TPSA) is 80.4 Å². The minimum absolute atomic E-state index is 0. The highest BCUT2D eigenvalue weighted by Crippen LogP contribution is 2.37. The molecular formula is C26H29ClN4O3. The van der Waals surface area contributed by atoms with Gasteiger partial charge in [-0.05, 0) is 48.2 Å². The zero-order valence-electron chi connectivity index (χ0n) is 19.4. The number of aromatic nitrogens is 2. The number of nitriles is 1. The highest BCUT2D eigenvalue weighted by atomic mass is 35.5. The number of carbonyl (C=O) groups is 1. The van der Waals surface area contributed by atoms with E-state index in [2.05, 4.69) is 11.1 Å². The molecule has 0 N–H and O–H groups in total. The summed E-state index contributed by atoms with van der Waals surface area (Å²) in [6, 6.07) is 15.4. The molecule has 3 aromatic rings. The van der Waals surface area contributed by atoms with Crippen molar-refractivity contribution in [1.82, 2.24) is 14.5 Å². The van der Waals surface area contributed by atoms with Crippen molar-refractivity contribution in [3.8, 4) is 17.6 Å². The molecule has 1 aliphatic rings. The van der Waals surface area contributed by atoms with Gasteiger partial charge in [0.15, 0.2) is 0 Å². The Morgan fingerprint density at radius 2 is 2.06 bits per heavy atom. The Hall–Kier alpha value is -3.34. The normalized spacial score (nSPS) is 18.0. The zero-order valence-corrected chi connectivity index (χ0v) is 20.3. The highest BCUT2D eigenvalue weighted by molar-refractivity contribution is 5.88. The Balaban J connectivity index is 0.00000324. The molecule has 178 valence electrons. The second-order valence-corrected chi connectivity index (χ2v) is 8.51. The van der Waals surface area contributed by atoms with Gasteiger partial charge in [-0.1, -0.05) is 24.6 Å². The Bertz CT molecular complexity index is 1160. The molecule has 1 atom stereocenters. The van der Waals surface area contributed by atoms with Gasteiger partial charge in [-0.2, -0.15) is 5.26 Å². The maximum absolute atomic E-state index is 13.4. The summed E-state index contributed by atoms with van der Waals surface area (Å²) < 4.78 is 13.7. The minimum atomic E-state index is -0.749. The van der Waals surface area contributed by atoms with Crippen LogP contribution in [0.15, 0.2) is 61.2 Å². The molecule has 0 aliphatic carbocycles. The van der Waals surface area contributed by atoms with Crippen LogP contribution in [0.2, 0.25) is 0 Å². The van der Waals surface area contributed by atoms with Gasteiger partial charge in [-0.3, -0.25) is 4.79 Å².